The van der Waals surface area contributed by atoms with Crippen LogP contribution in [0.2, 0.25) is 0 Å². The van der Waals surface area contributed by atoms with Gasteiger partial charge in [-0.25, -0.2) is 9.37 Å². The number of nitrogens with zero attached hydrogens (tertiary/aromatic N) is 3. The summed E-state index contributed by atoms with van der Waals surface area (Å²) in [6.45, 7) is 0.255. The molecule has 0 fully saturated rings. The molecule has 0 aliphatic heterocycles. The topological polar surface area (TPSA) is 125 Å². The van der Waals surface area contributed by atoms with Gasteiger partial charge in [0, 0.05) is 41.3 Å². The molecule has 0 saturated carbocycles. The van der Waals surface area contributed by atoms with E-state index >= 15 is 0 Å². The van der Waals surface area contributed by atoms with E-state index in [9.17, 15) is 19.3 Å². The smallest absolute Gasteiger partial charge is 0.303 e. The number of aromatic nitrogens is 2. The number of carboxylic acid groups (broad SMARTS) is 1. The van der Waals surface area contributed by atoms with E-state index in [-0.39, 0.29) is 24.6 Å². The molecule has 206 valence electrons. The molecule has 0 saturated heterocycles. The Hall–Kier alpha value is -5.38. The van der Waals surface area contributed by atoms with Gasteiger partial charge in [0.05, 0.1) is 17.2 Å². The van der Waals surface area contributed by atoms with Crippen LogP contribution in [0.4, 0.5) is 10.1 Å². The van der Waals surface area contributed by atoms with Crippen molar-refractivity contribution in [1.29, 1.82) is 0 Å². The first-order valence-corrected chi connectivity index (χ1v) is 12.7. The lowest BCUT2D eigenvalue weighted by Crippen LogP contribution is -2.02. The third-order valence-corrected chi connectivity index (χ3v) is 6.28. The molecular formula is C31H24FN3O6. The van der Waals surface area contributed by atoms with Crippen LogP contribution in [0.15, 0.2) is 91.0 Å². The molecule has 41 heavy (non-hydrogen) atoms. The molecule has 10 heteroatoms. The lowest BCUT2D eigenvalue weighted by molar-refractivity contribution is -0.384. The fourth-order valence-corrected chi connectivity index (χ4v) is 4.16. The summed E-state index contributed by atoms with van der Waals surface area (Å²) in [5.41, 5.74) is 2.14. The van der Waals surface area contributed by atoms with Crippen LogP contribution in [0.1, 0.15) is 18.4 Å². The second-order valence-electron chi connectivity index (χ2n) is 9.17. The van der Waals surface area contributed by atoms with Gasteiger partial charge in [-0.3, -0.25) is 14.9 Å². The van der Waals surface area contributed by atoms with Gasteiger partial charge < -0.3 is 14.6 Å². The molecule has 0 amide bonds. The van der Waals surface area contributed by atoms with Crippen molar-refractivity contribution in [3.63, 3.8) is 0 Å². The Morgan fingerprint density at radius 1 is 0.878 bits per heavy atom. The highest BCUT2D eigenvalue weighted by Crippen LogP contribution is 2.30. The Labute approximate surface area is 234 Å². The van der Waals surface area contributed by atoms with Crippen molar-refractivity contribution in [3.05, 3.63) is 112 Å². The van der Waals surface area contributed by atoms with E-state index in [1.165, 1.54) is 18.2 Å². The van der Waals surface area contributed by atoms with Gasteiger partial charge >= 0.3 is 5.97 Å². The number of carbonyl (C=O) groups is 1. The van der Waals surface area contributed by atoms with E-state index in [4.69, 9.17) is 19.6 Å². The average Bonchev–Trinajstić information content (AvgIpc) is 2.98. The van der Waals surface area contributed by atoms with Gasteiger partial charge in [-0.15, -0.1) is 0 Å². The maximum atomic E-state index is 14.2. The number of ether oxygens (including phenoxy) is 2. The van der Waals surface area contributed by atoms with Crippen molar-refractivity contribution >= 4 is 22.4 Å². The van der Waals surface area contributed by atoms with Gasteiger partial charge in [0.15, 0.2) is 5.82 Å². The van der Waals surface area contributed by atoms with E-state index in [2.05, 4.69) is 4.98 Å². The number of benzene rings is 4. The molecule has 5 aromatic rings. The SMILES string of the molecule is O=C(O)CCCOc1ccc2cc(-c3nc(OCc4ccccc4F)cc(-c4ccc([N+](=O)[O-])cc4)n3)ccc2c1. The number of aliphatic carboxylic acids is 1. The molecule has 1 aromatic heterocycles. The quantitative estimate of drug-likeness (QED) is 0.107. The van der Waals surface area contributed by atoms with E-state index in [1.807, 2.05) is 36.4 Å². The summed E-state index contributed by atoms with van der Waals surface area (Å²) in [7, 11) is 0. The van der Waals surface area contributed by atoms with Gasteiger partial charge in [0.2, 0.25) is 5.88 Å². The van der Waals surface area contributed by atoms with Gasteiger partial charge in [0.25, 0.3) is 5.69 Å². The van der Waals surface area contributed by atoms with Crippen molar-refractivity contribution < 1.29 is 28.7 Å². The standard InChI is InChI=1S/C31H24FN3O6/c32-27-5-2-1-4-24(27)19-41-29-18-28(20-9-12-25(13-10-20)35(38)39)33-31(34-29)23-8-7-22-17-26(14-11-21(22)16-23)40-15-3-6-30(36)37/h1-2,4-5,7-14,16-18H,3,6,15,19H2,(H,36,37). The largest absolute Gasteiger partial charge is 0.494 e. The molecule has 0 aliphatic carbocycles. The second kappa shape index (κ2) is 12.2. The highest BCUT2D eigenvalue weighted by molar-refractivity contribution is 5.87. The lowest BCUT2D eigenvalue weighted by Gasteiger charge is -2.11. The molecule has 0 aliphatic rings. The molecule has 9 nitrogen and oxygen atoms in total. The molecule has 1 N–H and O–H groups in total. The number of fused-ring (bicyclic) bond motifs is 1. The Bertz CT molecular complexity index is 1730. The van der Waals surface area contributed by atoms with Crippen LogP contribution in [-0.2, 0) is 11.4 Å². The predicted octanol–water partition coefficient (Wildman–Crippen LogP) is 6.83. The summed E-state index contributed by atoms with van der Waals surface area (Å²) in [5, 5.41) is 21.7. The summed E-state index contributed by atoms with van der Waals surface area (Å²) in [6.07, 6.45) is 0.456. The van der Waals surface area contributed by atoms with Gasteiger partial charge in [-0.1, -0.05) is 36.4 Å². The normalized spacial score (nSPS) is 10.9. The van der Waals surface area contributed by atoms with Gasteiger partial charge in [0.1, 0.15) is 18.2 Å². The van der Waals surface area contributed by atoms with Crippen molar-refractivity contribution in [2.24, 2.45) is 0 Å². The lowest BCUT2D eigenvalue weighted by atomic mass is 10.1. The molecule has 5 rings (SSSR count). The van der Waals surface area contributed by atoms with Crippen LogP contribution in [0.5, 0.6) is 11.6 Å². The molecule has 0 spiro atoms. The molecule has 0 unspecified atom stereocenters. The summed E-state index contributed by atoms with van der Waals surface area (Å²) in [4.78, 5) is 30.6. The van der Waals surface area contributed by atoms with E-state index in [1.54, 1.807) is 36.4 Å². The number of non-ortho nitro benzene ring substituents is 1. The van der Waals surface area contributed by atoms with E-state index < -0.39 is 16.7 Å². The van der Waals surface area contributed by atoms with Crippen molar-refractivity contribution in [1.82, 2.24) is 9.97 Å². The minimum Gasteiger partial charge on any atom is -0.494 e. The fourth-order valence-electron chi connectivity index (χ4n) is 4.16. The number of rotatable bonds is 11. The fraction of sp³-hybridized carbons (Fsp3) is 0.129. The van der Waals surface area contributed by atoms with Gasteiger partial charge in [-0.05, 0) is 53.6 Å². The van der Waals surface area contributed by atoms with Crippen LogP contribution in [-0.4, -0.2) is 32.6 Å². The Balaban J connectivity index is 1.45. The number of hydrogen-bond donors (Lipinski definition) is 1. The zero-order chi connectivity index (χ0) is 28.8. The highest BCUT2D eigenvalue weighted by atomic mass is 19.1. The minimum atomic E-state index is -0.861. The summed E-state index contributed by atoms with van der Waals surface area (Å²) in [5.74, 6) is -0.0367. The van der Waals surface area contributed by atoms with Crippen LogP contribution in [0.25, 0.3) is 33.4 Å². The number of hydrogen-bond acceptors (Lipinski definition) is 7. The number of halogens is 1. The third-order valence-electron chi connectivity index (χ3n) is 6.28. The monoisotopic (exact) mass is 553 g/mol. The number of carboxylic acids is 1. The zero-order valence-corrected chi connectivity index (χ0v) is 21.7. The highest BCUT2D eigenvalue weighted by Gasteiger charge is 2.13. The van der Waals surface area contributed by atoms with Crippen LogP contribution < -0.4 is 9.47 Å². The molecule has 0 radical (unpaired) electrons. The first-order chi connectivity index (χ1) is 19.9. The van der Waals surface area contributed by atoms with Crippen molar-refractivity contribution in [3.8, 4) is 34.3 Å². The van der Waals surface area contributed by atoms with Gasteiger partial charge in [-0.2, -0.15) is 4.98 Å². The minimum absolute atomic E-state index is 0.0428. The summed E-state index contributed by atoms with van der Waals surface area (Å²) < 4.78 is 25.7. The Kier molecular flexibility index (Phi) is 8.10. The third kappa shape index (κ3) is 6.80. The first-order valence-electron chi connectivity index (χ1n) is 12.7. The van der Waals surface area contributed by atoms with E-state index in [0.29, 0.717) is 47.0 Å². The zero-order valence-electron chi connectivity index (χ0n) is 21.7. The average molecular weight is 554 g/mol. The Morgan fingerprint density at radius 2 is 1.61 bits per heavy atom. The Morgan fingerprint density at radius 3 is 2.37 bits per heavy atom. The number of nitro groups is 1. The van der Waals surface area contributed by atoms with Crippen molar-refractivity contribution in [2.45, 2.75) is 19.4 Å². The number of nitro benzene ring substituents is 1. The van der Waals surface area contributed by atoms with Crippen LogP contribution in [0, 0.1) is 15.9 Å². The molecule has 0 atom stereocenters. The molecular weight excluding hydrogens is 529 g/mol. The first kappa shape index (κ1) is 27.2. The molecule has 4 aromatic carbocycles. The van der Waals surface area contributed by atoms with Crippen molar-refractivity contribution in [2.75, 3.05) is 6.61 Å². The summed E-state index contributed by atoms with van der Waals surface area (Å²) >= 11 is 0. The predicted molar refractivity (Wildman–Crippen MR) is 150 cm³/mol. The second-order valence-corrected chi connectivity index (χ2v) is 9.17. The maximum Gasteiger partial charge on any atom is 0.303 e. The summed E-state index contributed by atoms with van der Waals surface area (Å²) in [6, 6.07) is 25.1. The molecule has 0 bridgehead atoms. The molecule has 1 heterocycles. The maximum absolute atomic E-state index is 14.2. The van der Waals surface area contributed by atoms with E-state index in [0.717, 1.165) is 10.8 Å². The van der Waals surface area contributed by atoms with Crippen LogP contribution >= 0.6 is 0 Å². The van der Waals surface area contributed by atoms with Crippen LogP contribution in [0.3, 0.4) is 0 Å².